The zero-order chi connectivity index (χ0) is 26.2. The van der Waals surface area contributed by atoms with E-state index < -0.39 is 0 Å². The van der Waals surface area contributed by atoms with E-state index in [9.17, 15) is 10.1 Å². The van der Waals surface area contributed by atoms with Crippen molar-refractivity contribution in [1.82, 2.24) is 14.9 Å². The molecule has 0 aromatic carbocycles. The lowest BCUT2D eigenvalue weighted by Crippen LogP contribution is -2.56. The molecule has 4 fully saturated rings. The molecule has 3 heterocycles. The molecule has 3 aliphatic carbocycles. The van der Waals surface area contributed by atoms with Crippen molar-refractivity contribution in [2.45, 2.75) is 83.1 Å². The second-order valence-electron chi connectivity index (χ2n) is 11.9. The highest BCUT2D eigenvalue weighted by Gasteiger charge is 2.42. The molecular formula is C32H39N5O. The molecule has 1 atom stereocenters. The van der Waals surface area contributed by atoms with Gasteiger partial charge in [-0.25, -0.2) is 4.98 Å². The van der Waals surface area contributed by atoms with Crippen LogP contribution in [-0.4, -0.2) is 46.5 Å². The largest absolute Gasteiger partial charge is 0.352 e. The van der Waals surface area contributed by atoms with Crippen LogP contribution in [0.1, 0.15) is 92.6 Å². The molecule has 6 rings (SSSR count). The van der Waals surface area contributed by atoms with Crippen molar-refractivity contribution < 1.29 is 4.79 Å². The van der Waals surface area contributed by atoms with Gasteiger partial charge in [0.2, 0.25) is 5.91 Å². The Balaban J connectivity index is 1.29. The topological polar surface area (TPSA) is 73.1 Å². The smallest absolute Gasteiger partial charge is 0.222 e. The Bertz CT molecular complexity index is 1270. The summed E-state index contributed by atoms with van der Waals surface area (Å²) in [6, 6.07) is 6.80. The van der Waals surface area contributed by atoms with Gasteiger partial charge in [-0.1, -0.05) is 32.3 Å². The van der Waals surface area contributed by atoms with Crippen LogP contribution >= 0.6 is 0 Å². The van der Waals surface area contributed by atoms with E-state index in [1.54, 1.807) is 6.08 Å². The first-order chi connectivity index (χ1) is 18.6. The van der Waals surface area contributed by atoms with Crippen molar-refractivity contribution in [3.05, 3.63) is 47.4 Å². The van der Waals surface area contributed by atoms with E-state index in [0.29, 0.717) is 29.7 Å². The maximum absolute atomic E-state index is 13.4. The standard InChI is InChI=1S/C32H39N5O/c1-3-26-18-25(14-15-34-26)30-21(2)27(19-33)32(35-31(30)24-11-12-24)36-16-17-37(28(20-36)23-9-10-23)29(38)13-8-22-6-4-5-7-22/h3,14-15,18,22-24,28H,1,4-13,16-17,20H2,2H3. The molecule has 0 bridgehead atoms. The van der Waals surface area contributed by atoms with Crippen LogP contribution in [0.3, 0.4) is 0 Å². The molecule has 2 aromatic rings. The molecule has 0 radical (unpaired) electrons. The van der Waals surface area contributed by atoms with Crippen LogP contribution in [0.2, 0.25) is 0 Å². The summed E-state index contributed by atoms with van der Waals surface area (Å²) < 4.78 is 0. The van der Waals surface area contributed by atoms with Gasteiger partial charge in [-0.3, -0.25) is 9.78 Å². The highest BCUT2D eigenvalue weighted by atomic mass is 16.2. The fraction of sp³-hybridized carbons (Fsp3) is 0.562. The maximum atomic E-state index is 13.4. The van der Waals surface area contributed by atoms with Crippen LogP contribution < -0.4 is 4.90 Å². The predicted octanol–water partition coefficient (Wildman–Crippen LogP) is 6.24. The van der Waals surface area contributed by atoms with Crippen molar-refractivity contribution in [2.24, 2.45) is 11.8 Å². The van der Waals surface area contributed by atoms with E-state index in [1.807, 2.05) is 18.3 Å². The third-order valence-electron chi connectivity index (χ3n) is 9.26. The lowest BCUT2D eigenvalue weighted by atomic mass is 9.93. The fourth-order valence-electron chi connectivity index (χ4n) is 6.77. The van der Waals surface area contributed by atoms with E-state index in [1.165, 1.54) is 38.5 Å². The van der Waals surface area contributed by atoms with Crippen LogP contribution in [0.15, 0.2) is 24.9 Å². The minimum absolute atomic E-state index is 0.230. The molecule has 0 N–H and O–H groups in total. The molecule has 3 saturated carbocycles. The third kappa shape index (κ3) is 4.96. The average molecular weight is 510 g/mol. The van der Waals surface area contributed by atoms with Crippen LogP contribution in [0, 0.1) is 30.1 Å². The second-order valence-corrected chi connectivity index (χ2v) is 11.9. The number of carbonyl (C=O) groups is 1. The van der Waals surface area contributed by atoms with E-state index in [4.69, 9.17) is 4.98 Å². The molecule has 1 saturated heterocycles. The number of pyridine rings is 2. The molecule has 2 aromatic heterocycles. The van der Waals surface area contributed by atoms with Crippen LogP contribution in [-0.2, 0) is 4.79 Å². The molecule has 4 aliphatic rings. The highest BCUT2D eigenvalue weighted by Crippen LogP contribution is 2.47. The number of carbonyl (C=O) groups excluding carboxylic acids is 1. The van der Waals surface area contributed by atoms with Crippen molar-refractivity contribution in [2.75, 3.05) is 24.5 Å². The lowest BCUT2D eigenvalue weighted by molar-refractivity contribution is -0.134. The molecule has 6 heteroatoms. The Morgan fingerprint density at radius 3 is 2.66 bits per heavy atom. The number of aromatic nitrogens is 2. The molecule has 1 aliphatic heterocycles. The molecule has 38 heavy (non-hydrogen) atoms. The van der Waals surface area contributed by atoms with Crippen LogP contribution in [0.4, 0.5) is 5.82 Å². The van der Waals surface area contributed by atoms with Gasteiger partial charge in [-0.15, -0.1) is 0 Å². The number of piperazine rings is 1. The summed E-state index contributed by atoms with van der Waals surface area (Å²) in [7, 11) is 0. The van der Waals surface area contributed by atoms with Crippen LogP contribution in [0.25, 0.3) is 17.2 Å². The minimum atomic E-state index is 0.230. The summed E-state index contributed by atoms with van der Waals surface area (Å²) in [6.45, 7) is 8.19. The van der Waals surface area contributed by atoms with Gasteiger partial charge in [-0.05, 0) is 80.2 Å². The van der Waals surface area contributed by atoms with Crippen molar-refractivity contribution in [3.63, 3.8) is 0 Å². The maximum Gasteiger partial charge on any atom is 0.222 e. The number of anilines is 1. The van der Waals surface area contributed by atoms with Gasteiger partial charge in [-0.2, -0.15) is 5.26 Å². The van der Waals surface area contributed by atoms with E-state index in [0.717, 1.165) is 78.7 Å². The Morgan fingerprint density at radius 2 is 1.97 bits per heavy atom. The lowest BCUT2D eigenvalue weighted by Gasteiger charge is -2.43. The van der Waals surface area contributed by atoms with Gasteiger partial charge in [0, 0.05) is 43.7 Å². The predicted molar refractivity (Wildman–Crippen MR) is 151 cm³/mol. The second kappa shape index (κ2) is 10.5. The van der Waals surface area contributed by atoms with E-state index in [2.05, 4.69) is 34.4 Å². The Kier molecular flexibility index (Phi) is 6.95. The molecule has 6 nitrogen and oxygen atoms in total. The number of hydrogen-bond acceptors (Lipinski definition) is 5. The number of nitriles is 1. The van der Waals surface area contributed by atoms with Gasteiger partial charge < -0.3 is 9.80 Å². The summed E-state index contributed by atoms with van der Waals surface area (Å²) in [5.74, 6) is 2.91. The quantitative estimate of drug-likeness (QED) is 0.421. The van der Waals surface area contributed by atoms with E-state index in [-0.39, 0.29) is 6.04 Å². The van der Waals surface area contributed by atoms with Gasteiger partial charge in [0.1, 0.15) is 11.9 Å². The summed E-state index contributed by atoms with van der Waals surface area (Å²) in [5, 5.41) is 10.3. The molecule has 1 unspecified atom stereocenters. The monoisotopic (exact) mass is 509 g/mol. The zero-order valence-corrected chi connectivity index (χ0v) is 22.7. The van der Waals surface area contributed by atoms with Crippen LogP contribution in [0.5, 0.6) is 0 Å². The van der Waals surface area contributed by atoms with Gasteiger partial charge >= 0.3 is 0 Å². The Labute approximate surface area is 226 Å². The average Bonchev–Trinajstić information content (AvgIpc) is 3.89. The van der Waals surface area contributed by atoms with Gasteiger partial charge in [0.05, 0.1) is 23.0 Å². The number of nitrogens with zero attached hydrogens (tertiary/aromatic N) is 5. The number of rotatable bonds is 8. The van der Waals surface area contributed by atoms with Crippen molar-refractivity contribution >= 4 is 17.8 Å². The fourth-order valence-corrected chi connectivity index (χ4v) is 6.77. The SMILES string of the molecule is C=Cc1cc(-c2c(C3CC3)nc(N3CCN(C(=O)CCC4CCCC4)C(C4CC4)C3)c(C#N)c2C)ccn1. The first-order valence-electron chi connectivity index (χ1n) is 14.6. The highest BCUT2D eigenvalue weighted by molar-refractivity contribution is 5.79. The molecule has 198 valence electrons. The Morgan fingerprint density at radius 1 is 1.18 bits per heavy atom. The number of amides is 1. The number of hydrogen-bond donors (Lipinski definition) is 0. The summed E-state index contributed by atoms with van der Waals surface area (Å²) >= 11 is 0. The zero-order valence-electron chi connectivity index (χ0n) is 22.7. The molecule has 0 spiro atoms. The molecular weight excluding hydrogens is 470 g/mol. The van der Waals surface area contributed by atoms with E-state index >= 15 is 0 Å². The first kappa shape index (κ1) is 25.1. The summed E-state index contributed by atoms with van der Waals surface area (Å²) in [5.41, 5.74) is 5.73. The van der Waals surface area contributed by atoms with Crippen molar-refractivity contribution in [3.8, 4) is 17.2 Å². The third-order valence-corrected chi connectivity index (χ3v) is 9.26. The van der Waals surface area contributed by atoms with Gasteiger partial charge in [0.25, 0.3) is 0 Å². The summed E-state index contributed by atoms with van der Waals surface area (Å²) in [4.78, 5) is 27.5. The van der Waals surface area contributed by atoms with Crippen molar-refractivity contribution in [1.29, 1.82) is 5.26 Å². The summed E-state index contributed by atoms with van der Waals surface area (Å²) in [6.07, 6.45) is 15.2. The Hall–Kier alpha value is -3.20. The minimum Gasteiger partial charge on any atom is -0.352 e. The first-order valence-corrected chi connectivity index (χ1v) is 14.6. The van der Waals surface area contributed by atoms with Gasteiger partial charge in [0.15, 0.2) is 0 Å². The normalized spacial score (nSPS) is 21.9. The molecule has 1 amide bonds.